The van der Waals surface area contributed by atoms with Crippen molar-refractivity contribution in [2.45, 2.75) is 53.8 Å². The molecule has 7 heteroatoms. The molecule has 0 saturated carbocycles. The fourth-order valence-corrected chi connectivity index (χ4v) is 3.43. The Morgan fingerprint density at radius 3 is 2.69 bits per heavy atom. The van der Waals surface area contributed by atoms with E-state index in [4.69, 9.17) is 0 Å². The average molecular weight is 393 g/mol. The molecule has 29 heavy (non-hydrogen) atoms. The van der Waals surface area contributed by atoms with E-state index in [1.165, 1.54) is 4.57 Å². The number of amides is 1. The lowest BCUT2D eigenvalue weighted by atomic mass is 10.1. The van der Waals surface area contributed by atoms with Gasteiger partial charge in [0.25, 0.3) is 11.5 Å². The Kier molecular flexibility index (Phi) is 6.26. The summed E-state index contributed by atoms with van der Waals surface area (Å²) in [6, 6.07) is 5.52. The molecule has 0 aliphatic rings. The maximum absolute atomic E-state index is 12.9. The summed E-state index contributed by atoms with van der Waals surface area (Å²) in [6.45, 7) is 9.39. The molecule has 1 amide bonds. The van der Waals surface area contributed by atoms with Gasteiger partial charge in [-0.3, -0.25) is 19.3 Å². The van der Waals surface area contributed by atoms with Gasteiger partial charge >= 0.3 is 0 Å². The first-order valence-corrected chi connectivity index (χ1v) is 9.82. The number of nitrogens with zero attached hydrogens (tertiary/aromatic N) is 4. The van der Waals surface area contributed by atoms with Crippen LogP contribution in [0.4, 0.5) is 0 Å². The number of carbonyl (C=O) groups excluding carboxylic acids is 1. The highest BCUT2D eigenvalue weighted by molar-refractivity contribution is 5.95. The van der Waals surface area contributed by atoms with Gasteiger partial charge in [0.2, 0.25) is 0 Å². The Morgan fingerprint density at radius 1 is 1.21 bits per heavy atom. The summed E-state index contributed by atoms with van der Waals surface area (Å²) in [5.74, 6) is -0.366. The smallest absolute Gasteiger partial charge is 0.263 e. The third kappa shape index (κ3) is 4.45. The molecule has 0 fully saturated rings. The Balaban J connectivity index is 1.81. The normalized spacial score (nSPS) is 10.9. The average Bonchev–Trinajstić information content (AvgIpc) is 2.96. The van der Waals surface area contributed by atoms with Gasteiger partial charge in [0, 0.05) is 42.9 Å². The Bertz CT molecular complexity index is 1070. The van der Waals surface area contributed by atoms with Crippen LogP contribution >= 0.6 is 0 Å². The van der Waals surface area contributed by atoms with E-state index >= 15 is 0 Å². The zero-order valence-electron chi connectivity index (χ0n) is 17.4. The summed E-state index contributed by atoms with van der Waals surface area (Å²) in [6.07, 6.45) is 6.11. The van der Waals surface area contributed by atoms with Gasteiger partial charge in [-0.15, -0.1) is 0 Å². The highest BCUT2D eigenvalue weighted by atomic mass is 16.2. The van der Waals surface area contributed by atoms with E-state index in [0.717, 1.165) is 35.5 Å². The van der Waals surface area contributed by atoms with Crippen LogP contribution in [0.3, 0.4) is 0 Å². The molecule has 0 bridgehead atoms. The van der Waals surface area contributed by atoms with Crippen molar-refractivity contribution in [2.24, 2.45) is 0 Å². The minimum atomic E-state index is -0.366. The first-order valence-electron chi connectivity index (χ1n) is 9.82. The van der Waals surface area contributed by atoms with Gasteiger partial charge in [0.15, 0.2) is 0 Å². The zero-order valence-corrected chi connectivity index (χ0v) is 17.4. The molecule has 7 nitrogen and oxygen atoms in total. The summed E-state index contributed by atoms with van der Waals surface area (Å²) in [5.41, 5.74) is 4.37. The van der Waals surface area contributed by atoms with E-state index in [9.17, 15) is 9.59 Å². The standard InChI is InChI=1S/C22H27N5O2/c1-5-10-27-17(4)19(16(3)25-27)13-24-21(28)20-15(2)8-11-26(22(20)29)14-18-7-6-9-23-12-18/h6-9,11-12H,5,10,13-14H2,1-4H3,(H,24,28). The minimum Gasteiger partial charge on any atom is -0.348 e. The molecule has 0 saturated heterocycles. The molecule has 3 aromatic heterocycles. The Morgan fingerprint density at radius 2 is 2.00 bits per heavy atom. The number of aromatic nitrogens is 4. The summed E-state index contributed by atoms with van der Waals surface area (Å²) in [5, 5.41) is 7.45. The molecule has 3 rings (SSSR count). The summed E-state index contributed by atoms with van der Waals surface area (Å²) >= 11 is 0. The highest BCUT2D eigenvalue weighted by Gasteiger charge is 2.18. The van der Waals surface area contributed by atoms with Crippen LogP contribution in [0.15, 0.2) is 41.6 Å². The summed E-state index contributed by atoms with van der Waals surface area (Å²) in [7, 11) is 0. The maximum Gasteiger partial charge on any atom is 0.263 e. The number of hydrogen-bond acceptors (Lipinski definition) is 4. The second-order valence-corrected chi connectivity index (χ2v) is 7.22. The predicted molar refractivity (Wildman–Crippen MR) is 112 cm³/mol. The van der Waals surface area contributed by atoms with Gasteiger partial charge in [-0.05, 0) is 50.5 Å². The van der Waals surface area contributed by atoms with Crippen LogP contribution in [0.5, 0.6) is 0 Å². The second-order valence-electron chi connectivity index (χ2n) is 7.22. The minimum absolute atomic E-state index is 0.174. The number of rotatable bonds is 7. The molecule has 0 aliphatic carbocycles. The fourth-order valence-electron chi connectivity index (χ4n) is 3.43. The van der Waals surface area contributed by atoms with Gasteiger partial charge in [-0.25, -0.2) is 0 Å². The van der Waals surface area contributed by atoms with E-state index in [1.807, 2.05) is 30.7 Å². The number of aryl methyl sites for hydroxylation is 3. The number of nitrogens with one attached hydrogen (secondary N) is 1. The van der Waals surface area contributed by atoms with Crippen LogP contribution in [0.1, 0.15) is 51.8 Å². The summed E-state index contributed by atoms with van der Waals surface area (Å²) < 4.78 is 3.50. The molecule has 0 atom stereocenters. The van der Waals surface area contributed by atoms with Crippen molar-refractivity contribution < 1.29 is 4.79 Å². The quantitative estimate of drug-likeness (QED) is 0.669. The molecule has 0 aromatic carbocycles. The molecule has 0 spiro atoms. The van der Waals surface area contributed by atoms with Crippen LogP contribution in [0.2, 0.25) is 0 Å². The van der Waals surface area contributed by atoms with Crippen LogP contribution < -0.4 is 10.9 Å². The first kappa shape index (κ1) is 20.5. The van der Waals surface area contributed by atoms with Gasteiger partial charge in [0.1, 0.15) is 5.56 Å². The lowest BCUT2D eigenvalue weighted by Gasteiger charge is -2.11. The maximum atomic E-state index is 12.9. The third-order valence-electron chi connectivity index (χ3n) is 5.07. The van der Waals surface area contributed by atoms with E-state index in [1.54, 1.807) is 31.6 Å². The van der Waals surface area contributed by atoms with Gasteiger partial charge in [-0.2, -0.15) is 5.10 Å². The highest BCUT2D eigenvalue weighted by Crippen LogP contribution is 2.14. The topological polar surface area (TPSA) is 81.8 Å². The molecule has 1 N–H and O–H groups in total. The zero-order chi connectivity index (χ0) is 21.0. The molecular formula is C22H27N5O2. The van der Waals surface area contributed by atoms with Crippen LogP contribution in [-0.2, 0) is 19.6 Å². The molecule has 152 valence electrons. The molecule has 0 unspecified atom stereocenters. The van der Waals surface area contributed by atoms with Crippen molar-refractivity contribution in [3.05, 3.63) is 80.8 Å². The predicted octanol–water partition coefficient (Wildman–Crippen LogP) is 2.75. The van der Waals surface area contributed by atoms with E-state index in [-0.39, 0.29) is 17.0 Å². The van der Waals surface area contributed by atoms with E-state index in [0.29, 0.717) is 18.7 Å². The molecule has 3 heterocycles. The van der Waals surface area contributed by atoms with Crippen molar-refractivity contribution in [3.63, 3.8) is 0 Å². The Hall–Kier alpha value is -3.22. The molecule has 0 radical (unpaired) electrons. The molecule has 0 aliphatic heterocycles. The third-order valence-corrected chi connectivity index (χ3v) is 5.07. The number of carbonyl (C=O) groups is 1. The van der Waals surface area contributed by atoms with Crippen molar-refractivity contribution in [1.82, 2.24) is 24.6 Å². The number of pyridine rings is 2. The number of hydrogen-bond donors (Lipinski definition) is 1. The fraction of sp³-hybridized carbons (Fsp3) is 0.364. The largest absolute Gasteiger partial charge is 0.348 e. The molecular weight excluding hydrogens is 366 g/mol. The van der Waals surface area contributed by atoms with Crippen LogP contribution in [0, 0.1) is 20.8 Å². The van der Waals surface area contributed by atoms with Gasteiger partial charge < -0.3 is 9.88 Å². The Labute approximate surface area is 170 Å². The van der Waals surface area contributed by atoms with Crippen LogP contribution in [0.25, 0.3) is 0 Å². The SMILES string of the molecule is CCCn1nc(C)c(CNC(=O)c2c(C)ccn(Cc3cccnc3)c2=O)c1C. The van der Waals surface area contributed by atoms with Crippen molar-refractivity contribution in [2.75, 3.05) is 0 Å². The van der Waals surface area contributed by atoms with Crippen molar-refractivity contribution in [1.29, 1.82) is 0 Å². The van der Waals surface area contributed by atoms with Gasteiger partial charge in [0.05, 0.1) is 12.2 Å². The second kappa shape index (κ2) is 8.86. The summed E-state index contributed by atoms with van der Waals surface area (Å²) in [4.78, 5) is 29.9. The lowest BCUT2D eigenvalue weighted by molar-refractivity contribution is 0.0948. The monoisotopic (exact) mass is 393 g/mol. The lowest BCUT2D eigenvalue weighted by Crippen LogP contribution is -2.34. The van der Waals surface area contributed by atoms with E-state index < -0.39 is 0 Å². The van der Waals surface area contributed by atoms with Crippen molar-refractivity contribution in [3.8, 4) is 0 Å². The van der Waals surface area contributed by atoms with Gasteiger partial charge in [-0.1, -0.05) is 13.0 Å². The van der Waals surface area contributed by atoms with Crippen molar-refractivity contribution >= 4 is 5.91 Å². The molecule has 3 aromatic rings. The van der Waals surface area contributed by atoms with Crippen LogP contribution in [-0.4, -0.2) is 25.2 Å². The first-order chi connectivity index (χ1) is 13.9. The van der Waals surface area contributed by atoms with E-state index in [2.05, 4.69) is 22.3 Å².